The van der Waals surface area contributed by atoms with Gasteiger partial charge in [-0.1, -0.05) is 157 Å². The van der Waals surface area contributed by atoms with Crippen LogP contribution in [-0.2, 0) is 5.41 Å². The summed E-state index contributed by atoms with van der Waals surface area (Å²) < 4.78 is 109. The molecule has 0 aliphatic carbocycles. The monoisotopic (exact) mass is 817 g/mol. The third-order valence-corrected chi connectivity index (χ3v) is 11.6. The topological polar surface area (TPSA) is 35.9 Å². The SMILES string of the molecule is [2H]c1c([2H])c([2H])c(-c2cccc(-c3c([2H])c([2H])c([2H])c([2H])c3[2H])c2-[n+]2[c-]n(-c3cccc(Oc4ccc5c6cc(C(C)(C)C)ccc6n(-c6cc(C([2H])(C)C(C)C)ccn6)c5c4)c3)c3ccccc32)c([2H])c1[2H]. The molecule has 0 aliphatic heterocycles. The minimum Gasteiger partial charge on any atom is -0.458 e. The van der Waals surface area contributed by atoms with E-state index in [1.54, 1.807) is 33.5 Å². The van der Waals surface area contributed by atoms with Crippen LogP contribution in [0.5, 0.6) is 11.5 Å². The number of para-hydroxylation sites is 3. The molecule has 7 aromatic carbocycles. The van der Waals surface area contributed by atoms with Crippen molar-refractivity contribution in [2.75, 3.05) is 0 Å². The van der Waals surface area contributed by atoms with Gasteiger partial charge in [-0.05, 0) is 105 Å². The molecule has 0 saturated heterocycles. The number of ether oxygens (including phenoxy) is 1. The molecule has 0 fully saturated rings. The Morgan fingerprint density at radius 3 is 2.06 bits per heavy atom. The lowest BCUT2D eigenvalue weighted by Gasteiger charge is -2.19. The first-order chi connectivity index (χ1) is 34.6. The predicted octanol–water partition coefficient (Wildman–Crippen LogP) is 14.4. The van der Waals surface area contributed by atoms with Crippen molar-refractivity contribution in [1.29, 1.82) is 0 Å². The lowest BCUT2D eigenvalue weighted by atomic mass is 9.86. The van der Waals surface area contributed by atoms with Crippen molar-refractivity contribution >= 4 is 32.8 Å². The minimum atomic E-state index is -0.850. The molecule has 3 heterocycles. The molecule has 0 N–H and O–H groups in total. The summed E-state index contributed by atoms with van der Waals surface area (Å²) in [5.41, 5.74) is 5.80. The van der Waals surface area contributed by atoms with Gasteiger partial charge in [-0.2, -0.15) is 0 Å². The Morgan fingerprint density at radius 2 is 1.35 bits per heavy atom. The Bertz CT molecular complexity index is 3760. The fraction of sp³-hybridized carbons (Fsp3) is 0.158. The quantitative estimate of drug-likeness (QED) is 0.107. The number of fused-ring (bicyclic) bond motifs is 4. The fourth-order valence-electron chi connectivity index (χ4n) is 8.09. The first-order valence-electron chi connectivity index (χ1n) is 26.2. The van der Waals surface area contributed by atoms with Crippen LogP contribution in [0.15, 0.2) is 182 Å². The third-order valence-electron chi connectivity index (χ3n) is 11.6. The molecule has 0 saturated carbocycles. The summed E-state index contributed by atoms with van der Waals surface area (Å²) in [5, 5.41) is 2.07. The zero-order valence-corrected chi connectivity index (χ0v) is 35.3. The number of aromatic nitrogens is 4. The summed E-state index contributed by atoms with van der Waals surface area (Å²) in [6, 6.07) is 30.7. The molecule has 5 nitrogen and oxygen atoms in total. The van der Waals surface area contributed by atoms with Crippen LogP contribution in [0.1, 0.15) is 73.6 Å². The Kier molecular flexibility index (Phi) is 7.15. The first-order valence-corrected chi connectivity index (χ1v) is 20.7. The number of hydrogen-bond acceptors (Lipinski definition) is 2. The average Bonchev–Trinajstić information content (AvgIpc) is 3.92. The molecule has 3 aromatic heterocycles. The van der Waals surface area contributed by atoms with Gasteiger partial charge < -0.3 is 4.74 Å². The molecular formula is C57H50N4O. The van der Waals surface area contributed by atoms with E-state index in [9.17, 15) is 1.37 Å². The summed E-state index contributed by atoms with van der Waals surface area (Å²) in [6.45, 7) is 12.6. The highest BCUT2D eigenvalue weighted by Gasteiger charge is 2.22. The molecule has 10 aromatic rings. The van der Waals surface area contributed by atoms with Gasteiger partial charge in [0, 0.05) is 24.4 Å². The van der Waals surface area contributed by atoms with Crippen LogP contribution < -0.4 is 9.30 Å². The van der Waals surface area contributed by atoms with Crippen LogP contribution in [0.4, 0.5) is 0 Å². The van der Waals surface area contributed by atoms with Gasteiger partial charge in [0.2, 0.25) is 0 Å². The van der Waals surface area contributed by atoms with Gasteiger partial charge in [0.1, 0.15) is 17.3 Å². The summed E-state index contributed by atoms with van der Waals surface area (Å²) in [7, 11) is 0. The summed E-state index contributed by atoms with van der Waals surface area (Å²) in [5.74, 6) is 0.941. The maximum Gasteiger partial charge on any atom is 0.269 e. The molecule has 0 radical (unpaired) electrons. The molecule has 0 aliphatic rings. The number of rotatable bonds is 9. The Labute approximate surface area is 379 Å². The normalized spacial score (nSPS) is 15.4. The standard InChI is InChI=1S/C57H50N4O/c1-38(2)39(3)42-31-32-58-55(33-42)61-51-30-27-43(57(4,5)6)34-50(51)49-29-28-46(36-54(49)61)62-45-22-15-21-44(35-45)59-37-60(53-26-14-13-25-52(53)59)56-47(40-17-9-7-10-18-40)23-16-24-48(56)41-19-11-8-12-20-41/h7-36,38-39H,1-6H3/i7D,8D,9D,10D,11D,12D,17D,18D,19D,20D,39D. The average molecular weight is 818 g/mol. The number of benzene rings is 7. The van der Waals surface area contributed by atoms with Gasteiger partial charge in [0.25, 0.3) is 6.33 Å². The molecule has 1 unspecified atom stereocenters. The number of nitrogens with zero attached hydrogens (tertiary/aromatic N) is 4. The zero-order valence-electron chi connectivity index (χ0n) is 46.3. The van der Waals surface area contributed by atoms with E-state index in [2.05, 4.69) is 55.9 Å². The van der Waals surface area contributed by atoms with Crippen molar-refractivity contribution in [3.8, 4) is 50.9 Å². The van der Waals surface area contributed by atoms with Crippen LogP contribution >= 0.6 is 0 Å². The molecular weight excluding hydrogens is 757 g/mol. The van der Waals surface area contributed by atoms with Crippen molar-refractivity contribution in [3.63, 3.8) is 0 Å². The second-order valence-corrected chi connectivity index (χ2v) is 16.8. The molecule has 62 heavy (non-hydrogen) atoms. The fourth-order valence-corrected chi connectivity index (χ4v) is 8.09. The van der Waals surface area contributed by atoms with Crippen LogP contribution in [0, 0.1) is 12.2 Å². The van der Waals surface area contributed by atoms with E-state index in [-0.39, 0.29) is 39.3 Å². The second kappa shape index (κ2) is 15.7. The van der Waals surface area contributed by atoms with E-state index in [0.717, 1.165) is 27.4 Å². The van der Waals surface area contributed by atoms with Crippen molar-refractivity contribution in [3.05, 3.63) is 199 Å². The maximum absolute atomic E-state index is 9.23. The molecule has 304 valence electrons. The number of pyridine rings is 1. The van der Waals surface area contributed by atoms with Crippen LogP contribution in [0.25, 0.3) is 72.3 Å². The van der Waals surface area contributed by atoms with E-state index in [1.165, 1.54) is 5.56 Å². The highest BCUT2D eigenvalue weighted by molar-refractivity contribution is 6.09. The minimum absolute atomic E-state index is 0.0555. The van der Waals surface area contributed by atoms with Crippen molar-refractivity contribution in [2.45, 2.75) is 52.9 Å². The van der Waals surface area contributed by atoms with Crippen LogP contribution in [0.3, 0.4) is 0 Å². The van der Waals surface area contributed by atoms with Gasteiger partial charge in [0.05, 0.1) is 47.1 Å². The Morgan fingerprint density at radius 1 is 0.661 bits per heavy atom. The summed E-state index contributed by atoms with van der Waals surface area (Å²) in [6.07, 6.45) is 5.21. The van der Waals surface area contributed by atoms with Gasteiger partial charge >= 0.3 is 0 Å². The van der Waals surface area contributed by atoms with Crippen molar-refractivity contribution < 1.29 is 24.4 Å². The molecule has 1 atom stereocenters. The second-order valence-electron chi connectivity index (χ2n) is 16.8. The summed E-state index contributed by atoms with van der Waals surface area (Å²) >= 11 is 0. The van der Waals surface area contributed by atoms with Gasteiger partial charge in [-0.25, -0.2) is 4.98 Å². The van der Waals surface area contributed by atoms with E-state index in [0.29, 0.717) is 34.0 Å². The lowest BCUT2D eigenvalue weighted by molar-refractivity contribution is -0.571. The maximum atomic E-state index is 9.23. The number of imidazole rings is 1. The molecule has 10 rings (SSSR count). The van der Waals surface area contributed by atoms with E-state index in [4.69, 9.17) is 23.4 Å². The van der Waals surface area contributed by atoms with Gasteiger partial charge in [-0.3, -0.25) is 13.7 Å². The van der Waals surface area contributed by atoms with E-state index in [1.807, 2.05) is 93.6 Å². The van der Waals surface area contributed by atoms with Crippen LogP contribution in [0.2, 0.25) is 0 Å². The smallest absolute Gasteiger partial charge is 0.269 e. The highest BCUT2D eigenvalue weighted by atomic mass is 16.5. The summed E-state index contributed by atoms with van der Waals surface area (Å²) in [4.78, 5) is 4.86. The van der Waals surface area contributed by atoms with Crippen molar-refractivity contribution in [2.24, 2.45) is 5.92 Å². The molecule has 0 spiro atoms. The molecule has 5 heteroatoms. The zero-order chi connectivity index (χ0) is 52.2. The Hall–Kier alpha value is -7.24. The van der Waals surface area contributed by atoms with E-state index >= 15 is 0 Å². The van der Waals surface area contributed by atoms with Gasteiger partial charge in [-0.15, -0.1) is 0 Å². The Balaban J connectivity index is 1.14. The molecule has 0 amide bonds. The van der Waals surface area contributed by atoms with E-state index < -0.39 is 66.3 Å². The van der Waals surface area contributed by atoms with Gasteiger partial charge in [0.15, 0.2) is 0 Å². The lowest BCUT2D eigenvalue weighted by Crippen LogP contribution is -2.31. The highest BCUT2D eigenvalue weighted by Crippen LogP contribution is 2.39. The first kappa shape index (κ1) is 28.3. The largest absolute Gasteiger partial charge is 0.458 e. The van der Waals surface area contributed by atoms with Crippen LogP contribution in [-0.4, -0.2) is 14.1 Å². The predicted molar refractivity (Wildman–Crippen MR) is 255 cm³/mol. The molecule has 0 bridgehead atoms. The number of hydrogen-bond donors (Lipinski definition) is 0. The third kappa shape index (κ3) is 7.03. The van der Waals surface area contributed by atoms with Crippen molar-refractivity contribution in [1.82, 2.24) is 14.1 Å².